The van der Waals surface area contributed by atoms with Crippen LogP contribution in [0.4, 0.5) is 10.6 Å². The van der Waals surface area contributed by atoms with Crippen LogP contribution in [0, 0.1) is 25.2 Å². The van der Waals surface area contributed by atoms with E-state index in [-0.39, 0.29) is 12.1 Å². The van der Waals surface area contributed by atoms with Crippen molar-refractivity contribution in [3.05, 3.63) is 34.9 Å². The van der Waals surface area contributed by atoms with Crippen LogP contribution in [0.1, 0.15) is 48.8 Å². The molecule has 1 aliphatic rings. The molecule has 6 heteroatoms. The number of pyridine rings is 1. The van der Waals surface area contributed by atoms with Crippen LogP contribution in [0.5, 0.6) is 0 Å². The van der Waals surface area contributed by atoms with Crippen LogP contribution in [0.25, 0.3) is 10.9 Å². The lowest BCUT2D eigenvalue weighted by Gasteiger charge is -2.33. The topological polar surface area (TPSA) is 95.0 Å². The highest BCUT2D eigenvalue weighted by molar-refractivity contribution is 5.86. The maximum absolute atomic E-state index is 11.9. The number of nitriles is 1. The summed E-state index contributed by atoms with van der Waals surface area (Å²) in [5, 5.41) is 13.7. The fraction of sp³-hybridized carbons (Fsp3) is 0.476. The van der Waals surface area contributed by atoms with Gasteiger partial charge in [0.25, 0.3) is 0 Å². The molecule has 2 amide bonds. The molecule has 1 heterocycles. The molecule has 142 valence electrons. The third-order valence-electron chi connectivity index (χ3n) is 5.32. The fourth-order valence-corrected chi connectivity index (χ4v) is 4.03. The first-order chi connectivity index (χ1) is 13.0. The minimum atomic E-state index is -0.373. The standard InChI is InChI=1S/C21H27N5O/c1-14-10-15(2)19-16(11-14)12-17(13-22)20(25-19)24-8-9-26(21(23)27)18-6-4-3-5-7-18/h10-12,18H,3-9H2,1-2H3,(H2,23,27)(H,24,25). The van der Waals surface area contributed by atoms with Crippen molar-refractivity contribution in [3.63, 3.8) is 0 Å². The third-order valence-corrected chi connectivity index (χ3v) is 5.32. The van der Waals surface area contributed by atoms with E-state index in [1.54, 1.807) is 4.90 Å². The second-order valence-corrected chi connectivity index (χ2v) is 7.40. The van der Waals surface area contributed by atoms with E-state index < -0.39 is 0 Å². The summed E-state index contributed by atoms with van der Waals surface area (Å²) < 4.78 is 0. The van der Waals surface area contributed by atoms with E-state index in [1.807, 2.05) is 26.0 Å². The van der Waals surface area contributed by atoms with Gasteiger partial charge >= 0.3 is 6.03 Å². The summed E-state index contributed by atoms with van der Waals surface area (Å²) in [7, 11) is 0. The molecule has 0 unspecified atom stereocenters. The molecule has 6 nitrogen and oxygen atoms in total. The maximum Gasteiger partial charge on any atom is 0.315 e. The van der Waals surface area contributed by atoms with Crippen molar-refractivity contribution in [2.45, 2.75) is 52.0 Å². The predicted octanol–water partition coefficient (Wildman–Crippen LogP) is 3.85. The van der Waals surface area contributed by atoms with Gasteiger partial charge in [0.05, 0.1) is 11.1 Å². The van der Waals surface area contributed by atoms with Crippen molar-refractivity contribution in [1.29, 1.82) is 5.26 Å². The van der Waals surface area contributed by atoms with Crippen LogP contribution in [-0.4, -0.2) is 35.0 Å². The predicted molar refractivity (Wildman–Crippen MR) is 108 cm³/mol. The van der Waals surface area contributed by atoms with Crippen LogP contribution < -0.4 is 11.1 Å². The SMILES string of the molecule is Cc1cc(C)c2nc(NCCN(C(N)=O)C3CCCCC3)c(C#N)cc2c1. The summed E-state index contributed by atoms with van der Waals surface area (Å²) in [5.74, 6) is 0.560. The zero-order valence-electron chi connectivity index (χ0n) is 16.1. The first-order valence-corrected chi connectivity index (χ1v) is 9.61. The Labute approximate surface area is 160 Å². The smallest absolute Gasteiger partial charge is 0.315 e. The van der Waals surface area contributed by atoms with Crippen molar-refractivity contribution >= 4 is 22.8 Å². The molecule has 0 aliphatic heterocycles. The van der Waals surface area contributed by atoms with Crippen molar-refractivity contribution in [2.75, 3.05) is 18.4 Å². The molecular weight excluding hydrogens is 338 g/mol. The number of nitrogens with one attached hydrogen (secondary N) is 1. The summed E-state index contributed by atoms with van der Waals surface area (Å²) in [6.07, 6.45) is 5.54. The van der Waals surface area contributed by atoms with E-state index >= 15 is 0 Å². The monoisotopic (exact) mass is 365 g/mol. The van der Waals surface area contributed by atoms with Gasteiger partial charge in [0.15, 0.2) is 0 Å². The number of hydrogen-bond acceptors (Lipinski definition) is 4. The summed E-state index contributed by atoms with van der Waals surface area (Å²) >= 11 is 0. The van der Waals surface area contributed by atoms with E-state index in [1.165, 1.54) is 6.42 Å². The van der Waals surface area contributed by atoms with Gasteiger partial charge in [-0.25, -0.2) is 9.78 Å². The van der Waals surface area contributed by atoms with E-state index in [0.717, 1.165) is 47.7 Å². The molecule has 0 radical (unpaired) electrons. The van der Waals surface area contributed by atoms with Gasteiger partial charge < -0.3 is 16.0 Å². The van der Waals surface area contributed by atoms with Crippen molar-refractivity contribution in [3.8, 4) is 6.07 Å². The summed E-state index contributed by atoms with van der Waals surface area (Å²) in [4.78, 5) is 18.3. The Balaban J connectivity index is 1.75. The van der Waals surface area contributed by atoms with E-state index in [4.69, 9.17) is 5.73 Å². The highest BCUT2D eigenvalue weighted by Crippen LogP contribution is 2.25. The quantitative estimate of drug-likeness (QED) is 0.841. The maximum atomic E-state index is 11.9. The van der Waals surface area contributed by atoms with Gasteiger partial charge in [-0.1, -0.05) is 30.9 Å². The number of amides is 2. The number of hydrogen-bond donors (Lipinski definition) is 2. The Hall–Kier alpha value is -2.81. The molecule has 0 spiro atoms. The van der Waals surface area contributed by atoms with Gasteiger partial charge in [-0.05, 0) is 44.4 Å². The van der Waals surface area contributed by atoms with Gasteiger partial charge in [-0.15, -0.1) is 0 Å². The van der Waals surface area contributed by atoms with Crippen LogP contribution in [-0.2, 0) is 0 Å². The normalized spacial score (nSPS) is 14.7. The molecule has 0 atom stereocenters. The minimum Gasteiger partial charge on any atom is -0.367 e. The molecule has 2 aromatic rings. The molecule has 1 fully saturated rings. The molecule has 27 heavy (non-hydrogen) atoms. The molecule has 1 aromatic heterocycles. The number of fused-ring (bicyclic) bond motifs is 1. The lowest BCUT2D eigenvalue weighted by molar-refractivity contribution is 0.167. The van der Waals surface area contributed by atoms with Crippen molar-refractivity contribution < 1.29 is 4.79 Å². The third kappa shape index (κ3) is 4.30. The molecule has 1 aliphatic carbocycles. The average Bonchev–Trinajstić information content (AvgIpc) is 2.65. The van der Waals surface area contributed by atoms with Crippen molar-refractivity contribution in [2.24, 2.45) is 5.73 Å². The number of anilines is 1. The number of nitrogens with two attached hydrogens (primary N) is 1. The number of primary amides is 1. The van der Waals surface area contributed by atoms with Crippen LogP contribution in [0.2, 0.25) is 0 Å². The summed E-state index contributed by atoms with van der Waals surface area (Å²) in [6, 6.07) is 8.07. The number of rotatable bonds is 5. The van der Waals surface area contributed by atoms with Crippen LogP contribution in [0.3, 0.4) is 0 Å². The highest BCUT2D eigenvalue weighted by atomic mass is 16.2. The number of carbonyl (C=O) groups excluding carboxylic acids is 1. The van der Waals surface area contributed by atoms with E-state index in [2.05, 4.69) is 22.4 Å². The molecule has 0 saturated heterocycles. The summed E-state index contributed by atoms with van der Waals surface area (Å²) in [5.41, 5.74) is 9.23. The first kappa shape index (κ1) is 19.0. The Morgan fingerprint density at radius 1 is 1.30 bits per heavy atom. The minimum absolute atomic E-state index is 0.225. The molecule has 3 rings (SSSR count). The Morgan fingerprint density at radius 2 is 2.04 bits per heavy atom. The molecular formula is C21H27N5O. The Bertz CT molecular complexity index is 880. The van der Waals surface area contributed by atoms with Gasteiger partial charge in [0, 0.05) is 24.5 Å². The number of aryl methyl sites for hydroxylation is 2. The second kappa shape index (κ2) is 8.26. The number of nitrogens with zero attached hydrogens (tertiary/aromatic N) is 3. The van der Waals surface area contributed by atoms with Crippen LogP contribution in [0.15, 0.2) is 18.2 Å². The largest absolute Gasteiger partial charge is 0.367 e. The Morgan fingerprint density at radius 3 is 2.70 bits per heavy atom. The average molecular weight is 365 g/mol. The zero-order chi connectivity index (χ0) is 19.4. The highest BCUT2D eigenvalue weighted by Gasteiger charge is 2.23. The van der Waals surface area contributed by atoms with Gasteiger partial charge in [0.1, 0.15) is 11.9 Å². The van der Waals surface area contributed by atoms with Gasteiger partial charge in [-0.2, -0.15) is 5.26 Å². The second-order valence-electron chi connectivity index (χ2n) is 7.40. The first-order valence-electron chi connectivity index (χ1n) is 9.61. The van der Waals surface area contributed by atoms with E-state index in [9.17, 15) is 10.1 Å². The Kier molecular flexibility index (Phi) is 5.80. The van der Waals surface area contributed by atoms with Gasteiger partial charge in [-0.3, -0.25) is 0 Å². The fourth-order valence-electron chi connectivity index (χ4n) is 4.03. The lowest BCUT2D eigenvalue weighted by Crippen LogP contribution is -2.46. The molecule has 3 N–H and O–H groups in total. The molecule has 1 aromatic carbocycles. The molecule has 0 bridgehead atoms. The number of aromatic nitrogens is 1. The summed E-state index contributed by atoms with van der Waals surface area (Å²) in [6.45, 7) is 5.08. The molecule has 1 saturated carbocycles. The lowest BCUT2D eigenvalue weighted by atomic mass is 9.94. The van der Waals surface area contributed by atoms with Gasteiger partial charge in [0.2, 0.25) is 0 Å². The number of urea groups is 1. The number of benzene rings is 1. The zero-order valence-corrected chi connectivity index (χ0v) is 16.1. The van der Waals surface area contributed by atoms with Crippen molar-refractivity contribution in [1.82, 2.24) is 9.88 Å². The van der Waals surface area contributed by atoms with Crippen LogP contribution >= 0.6 is 0 Å². The van der Waals surface area contributed by atoms with E-state index in [0.29, 0.717) is 24.5 Å². The number of carbonyl (C=O) groups is 1.